The molecule has 1 spiro atoms. The highest BCUT2D eigenvalue weighted by atomic mass is 16.5. The molecular formula is C7H13NO. The molecule has 0 aromatic heterocycles. The lowest BCUT2D eigenvalue weighted by molar-refractivity contribution is 0.0843. The highest BCUT2D eigenvalue weighted by molar-refractivity contribution is 5.11. The van der Waals surface area contributed by atoms with Crippen molar-refractivity contribution in [2.75, 3.05) is 13.7 Å². The number of nitrogens with one attached hydrogen (secondary N) is 1. The van der Waals surface area contributed by atoms with Crippen molar-refractivity contribution < 1.29 is 4.74 Å². The van der Waals surface area contributed by atoms with Gasteiger partial charge in [-0.05, 0) is 25.8 Å². The van der Waals surface area contributed by atoms with E-state index in [1.54, 1.807) is 0 Å². The average molecular weight is 127 g/mol. The summed E-state index contributed by atoms with van der Waals surface area (Å²) in [6, 6.07) is 0. The molecule has 1 N–H and O–H groups in total. The van der Waals surface area contributed by atoms with Gasteiger partial charge in [0.05, 0.1) is 6.10 Å². The normalized spacial score (nSPS) is 37.7. The van der Waals surface area contributed by atoms with E-state index in [1.165, 1.54) is 19.3 Å². The van der Waals surface area contributed by atoms with E-state index in [2.05, 4.69) is 5.32 Å². The van der Waals surface area contributed by atoms with Gasteiger partial charge in [0.2, 0.25) is 0 Å². The van der Waals surface area contributed by atoms with Crippen LogP contribution >= 0.6 is 0 Å². The molecule has 2 nitrogen and oxygen atoms in total. The van der Waals surface area contributed by atoms with Crippen LogP contribution in [0.4, 0.5) is 0 Å². The molecule has 9 heavy (non-hydrogen) atoms. The molecule has 52 valence electrons. The maximum absolute atomic E-state index is 5.33. The molecule has 2 aliphatic rings. The van der Waals surface area contributed by atoms with Crippen LogP contribution in [0.15, 0.2) is 0 Å². The average Bonchev–Trinajstić information content (AvgIpc) is 2.45. The summed E-state index contributed by atoms with van der Waals surface area (Å²) >= 11 is 0. The van der Waals surface area contributed by atoms with Gasteiger partial charge in [-0.3, -0.25) is 0 Å². The third-order valence-corrected chi connectivity index (χ3v) is 2.57. The Hall–Kier alpha value is -0.0800. The van der Waals surface area contributed by atoms with E-state index in [9.17, 15) is 0 Å². The fourth-order valence-electron chi connectivity index (χ4n) is 1.82. The van der Waals surface area contributed by atoms with Gasteiger partial charge in [-0.25, -0.2) is 0 Å². The number of methoxy groups -OCH3 is 1. The molecule has 0 radical (unpaired) electrons. The van der Waals surface area contributed by atoms with E-state index in [4.69, 9.17) is 4.74 Å². The Bertz CT molecular complexity index is 120. The summed E-state index contributed by atoms with van der Waals surface area (Å²) in [5, 5.41) is 3.48. The van der Waals surface area contributed by atoms with E-state index in [-0.39, 0.29) is 0 Å². The summed E-state index contributed by atoms with van der Waals surface area (Å²) in [4.78, 5) is 0. The van der Waals surface area contributed by atoms with Gasteiger partial charge in [0.15, 0.2) is 0 Å². The standard InChI is InChI=1S/C7H13NO/c1-9-6-2-5-8-7(6)3-4-7/h6,8H,2-5H2,1H3. The first-order valence-electron chi connectivity index (χ1n) is 3.65. The van der Waals surface area contributed by atoms with Crippen LogP contribution in [-0.2, 0) is 4.74 Å². The molecule has 0 bridgehead atoms. The van der Waals surface area contributed by atoms with Gasteiger partial charge in [0.25, 0.3) is 0 Å². The molecule has 0 amide bonds. The molecule has 1 heterocycles. The van der Waals surface area contributed by atoms with E-state index in [1.807, 2.05) is 7.11 Å². The molecule has 2 heteroatoms. The Kier molecular flexibility index (Phi) is 1.08. The van der Waals surface area contributed by atoms with Gasteiger partial charge in [-0.2, -0.15) is 0 Å². The van der Waals surface area contributed by atoms with Crippen molar-refractivity contribution in [3.63, 3.8) is 0 Å². The van der Waals surface area contributed by atoms with Crippen LogP contribution in [0, 0.1) is 0 Å². The Morgan fingerprint density at radius 1 is 1.56 bits per heavy atom. The fourth-order valence-corrected chi connectivity index (χ4v) is 1.82. The minimum atomic E-state index is 0.439. The van der Waals surface area contributed by atoms with Crippen LogP contribution in [0.3, 0.4) is 0 Å². The van der Waals surface area contributed by atoms with E-state index >= 15 is 0 Å². The van der Waals surface area contributed by atoms with Crippen molar-refractivity contribution in [1.29, 1.82) is 0 Å². The molecule has 1 saturated carbocycles. The third-order valence-electron chi connectivity index (χ3n) is 2.57. The van der Waals surface area contributed by atoms with Gasteiger partial charge in [0, 0.05) is 12.6 Å². The minimum Gasteiger partial charge on any atom is -0.379 e. The molecule has 1 aliphatic heterocycles. The zero-order chi connectivity index (χ0) is 6.32. The van der Waals surface area contributed by atoms with Gasteiger partial charge >= 0.3 is 0 Å². The van der Waals surface area contributed by atoms with Gasteiger partial charge in [-0.15, -0.1) is 0 Å². The molecule has 1 aliphatic carbocycles. The van der Waals surface area contributed by atoms with Crippen molar-refractivity contribution in [3.05, 3.63) is 0 Å². The molecule has 1 unspecified atom stereocenters. The minimum absolute atomic E-state index is 0.439. The zero-order valence-electron chi connectivity index (χ0n) is 5.81. The lowest BCUT2D eigenvalue weighted by Gasteiger charge is -2.15. The monoisotopic (exact) mass is 127 g/mol. The van der Waals surface area contributed by atoms with Crippen LogP contribution in [0.1, 0.15) is 19.3 Å². The van der Waals surface area contributed by atoms with Crippen LogP contribution in [0.25, 0.3) is 0 Å². The lowest BCUT2D eigenvalue weighted by atomic mass is 10.1. The summed E-state index contributed by atoms with van der Waals surface area (Å²) in [5.74, 6) is 0. The van der Waals surface area contributed by atoms with Gasteiger partial charge < -0.3 is 10.1 Å². The Morgan fingerprint density at radius 3 is 2.78 bits per heavy atom. The Labute approximate surface area is 55.6 Å². The fraction of sp³-hybridized carbons (Fsp3) is 1.00. The van der Waals surface area contributed by atoms with Crippen molar-refractivity contribution in [1.82, 2.24) is 5.32 Å². The first kappa shape index (κ1) is 5.69. The predicted octanol–water partition coefficient (Wildman–Crippen LogP) is 0.527. The maximum atomic E-state index is 5.33. The summed E-state index contributed by atoms with van der Waals surface area (Å²) in [6.07, 6.45) is 4.37. The maximum Gasteiger partial charge on any atom is 0.0764 e. The summed E-state index contributed by atoms with van der Waals surface area (Å²) < 4.78 is 5.33. The number of ether oxygens (including phenoxy) is 1. The van der Waals surface area contributed by atoms with Crippen molar-refractivity contribution in [2.45, 2.75) is 30.9 Å². The predicted molar refractivity (Wildman–Crippen MR) is 35.4 cm³/mol. The molecule has 1 saturated heterocycles. The highest BCUT2D eigenvalue weighted by Gasteiger charge is 2.52. The van der Waals surface area contributed by atoms with Gasteiger partial charge in [0.1, 0.15) is 0 Å². The third kappa shape index (κ3) is 0.700. The number of rotatable bonds is 1. The topological polar surface area (TPSA) is 21.3 Å². The Morgan fingerprint density at radius 2 is 2.33 bits per heavy atom. The summed E-state index contributed by atoms with van der Waals surface area (Å²) in [5.41, 5.74) is 0.439. The molecule has 0 aromatic rings. The second-order valence-corrected chi connectivity index (χ2v) is 3.10. The molecular weight excluding hydrogens is 114 g/mol. The van der Waals surface area contributed by atoms with Crippen molar-refractivity contribution >= 4 is 0 Å². The molecule has 2 fully saturated rings. The first-order chi connectivity index (χ1) is 4.37. The van der Waals surface area contributed by atoms with E-state index < -0.39 is 0 Å². The lowest BCUT2D eigenvalue weighted by Crippen LogP contribution is -2.33. The SMILES string of the molecule is COC1CCNC12CC2. The van der Waals surface area contributed by atoms with Crippen LogP contribution in [0.5, 0.6) is 0 Å². The smallest absolute Gasteiger partial charge is 0.0764 e. The molecule has 1 atom stereocenters. The highest BCUT2D eigenvalue weighted by Crippen LogP contribution is 2.43. The number of hydrogen-bond acceptors (Lipinski definition) is 2. The zero-order valence-corrected chi connectivity index (χ0v) is 5.81. The van der Waals surface area contributed by atoms with Crippen LogP contribution < -0.4 is 5.32 Å². The van der Waals surface area contributed by atoms with Crippen LogP contribution in [-0.4, -0.2) is 25.3 Å². The van der Waals surface area contributed by atoms with E-state index in [0.29, 0.717) is 11.6 Å². The van der Waals surface area contributed by atoms with Crippen molar-refractivity contribution in [3.8, 4) is 0 Å². The number of hydrogen-bond donors (Lipinski definition) is 1. The summed E-state index contributed by atoms with van der Waals surface area (Å²) in [7, 11) is 1.82. The van der Waals surface area contributed by atoms with Gasteiger partial charge in [-0.1, -0.05) is 0 Å². The second kappa shape index (κ2) is 1.70. The summed E-state index contributed by atoms with van der Waals surface area (Å²) in [6.45, 7) is 1.15. The Balaban J connectivity index is 2.05. The molecule has 0 aromatic carbocycles. The largest absolute Gasteiger partial charge is 0.379 e. The second-order valence-electron chi connectivity index (χ2n) is 3.10. The molecule has 2 rings (SSSR count). The first-order valence-corrected chi connectivity index (χ1v) is 3.65. The van der Waals surface area contributed by atoms with Crippen molar-refractivity contribution in [2.24, 2.45) is 0 Å². The van der Waals surface area contributed by atoms with Crippen LogP contribution in [0.2, 0.25) is 0 Å². The van der Waals surface area contributed by atoms with E-state index in [0.717, 1.165) is 6.54 Å². The quantitative estimate of drug-likeness (QED) is 0.554.